The molecule has 2 aromatic heterocycles. The second-order valence-electron chi connectivity index (χ2n) is 6.00. The highest BCUT2D eigenvalue weighted by Gasteiger charge is 2.29. The second kappa shape index (κ2) is 5.59. The van der Waals surface area contributed by atoms with Gasteiger partial charge in [-0.1, -0.05) is 18.2 Å². The van der Waals surface area contributed by atoms with Gasteiger partial charge in [-0.25, -0.2) is 14.4 Å². The van der Waals surface area contributed by atoms with Crippen LogP contribution in [0.4, 0.5) is 16.0 Å². The van der Waals surface area contributed by atoms with Crippen molar-refractivity contribution >= 4 is 11.6 Å². The molecule has 1 fully saturated rings. The van der Waals surface area contributed by atoms with Gasteiger partial charge in [0.25, 0.3) is 0 Å². The molecule has 0 spiro atoms. The summed E-state index contributed by atoms with van der Waals surface area (Å²) in [7, 11) is 0. The van der Waals surface area contributed by atoms with Crippen molar-refractivity contribution in [2.75, 3.05) is 11.5 Å². The van der Waals surface area contributed by atoms with Crippen LogP contribution in [0.2, 0.25) is 0 Å². The Morgan fingerprint density at radius 3 is 2.46 bits per heavy atom. The standard InChI is InChI=1S/C17H17FN6/c18-12-4-2-1-3-11(12)9-24-8-7-13(23-24)17-21-15(19)14(10-5-6-10)16(20)22-17/h1-4,7-8,10H,5-6,9H2,(H4,19,20,21,22). The number of aromatic nitrogens is 4. The SMILES string of the molecule is Nc1nc(-c2ccn(Cc3ccccc3F)n2)nc(N)c1C1CC1. The molecular formula is C17H17FN6. The molecule has 0 amide bonds. The Balaban J connectivity index is 1.62. The van der Waals surface area contributed by atoms with Gasteiger partial charge in [-0.2, -0.15) is 5.10 Å². The molecule has 24 heavy (non-hydrogen) atoms. The molecule has 2 heterocycles. The van der Waals surface area contributed by atoms with Crippen molar-refractivity contribution in [1.29, 1.82) is 0 Å². The molecule has 3 aromatic rings. The van der Waals surface area contributed by atoms with Crippen molar-refractivity contribution < 1.29 is 4.39 Å². The van der Waals surface area contributed by atoms with Crippen LogP contribution in [0.25, 0.3) is 11.5 Å². The molecule has 6 nitrogen and oxygen atoms in total. The van der Waals surface area contributed by atoms with Crippen molar-refractivity contribution in [3.05, 3.63) is 53.5 Å². The van der Waals surface area contributed by atoms with E-state index < -0.39 is 0 Å². The first-order valence-electron chi connectivity index (χ1n) is 7.82. The van der Waals surface area contributed by atoms with Gasteiger partial charge in [0.05, 0.1) is 6.54 Å². The molecule has 0 radical (unpaired) electrons. The summed E-state index contributed by atoms with van der Waals surface area (Å²) in [5.74, 6) is 1.36. The molecule has 0 saturated heterocycles. The van der Waals surface area contributed by atoms with E-state index in [0.29, 0.717) is 41.2 Å². The summed E-state index contributed by atoms with van der Waals surface area (Å²) in [6.07, 6.45) is 3.91. The van der Waals surface area contributed by atoms with Crippen molar-refractivity contribution in [3.63, 3.8) is 0 Å². The highest BCUT2D eigenvalue weighted by atomic mass is 19.1. The van der Waals surface area contributed by atoms with Crippen LogP contribution in [0.5, 0.6) is 0 Å². The Hall–Kier alpha value is -2.96. The van der Waals surface area contributed by atoms with Crippen LogP contribution in [0, 0.1) is 5.82 Å². The van der Waals surface area contributed by atoms with Gasteiger partial charge in [-0.15, -0.1) is 0 Å². The zero-order valence-corrected chi connectivity index (χ0v) is 13.0. The smallest absolute Gasteiger partial charge is 0.184 e. The number of anilines is 2. The van der Waals surface area contributed by atoms with Crippen LogP contribution in [-0.2, 0) is 6.54 Å². The average Bonchev–Trinajstić information content (AvgIpc) is 3.26. The van der Waals surface area contributed by atoms with Gasteiger partial charge in [0, 0.05) is 17.3 Å². The van der Waals surface area contributed by atoms with Crippen molar-refractivity contribution in [2.45, 2.75) is 25.3 Å². The number of hydrogen-bond donors (Lipinski definition) is 2. The fourth-order valence-electron chi connectivity index (χ4n) is 2.78. The highest BCUT2D eigenvalue weighted by molar-refractivity contribution is 5.62. The first-order valence-corrected chi connectivity index (χ1v) is 7.82. The molecule has 1 saturated carbocycles. The van der Waals surface area contributed by atoms with Gasteiger partial charge >= 0.3 is 0 Å². The quantitative estimate of drug-likeness (QED) is 0.769. The molecule has 0 aliphatic heterocycles. The van der Waals surface area contributed by atoms with Crippen LogP contribution in [0.3, 0.4) is 0 Å². The third-order valence-corrected chi connectivity index (χ3v) is 4.15. The summed E-state index contributed by atoms with van der Waals surface area (Å²) in [5.41, 5.74) is 14.1. The lowest BCUT2D eigenvalue weighted by Crippen LogP contribution is -2.07. The summed E-state index contributed by atoms with van der Waals surface area (Å²) < 4.78 is 15.4. The molecule has 1 aliphatic carbocycles. The van der Waals surface area contributed by atoms with E-state index in [1.165, 1.54) is 6.07 Å². The fourth-order valence-corrected chi connectivity index (χ4v) is 2.78. The molecule has 7 heteroatoms. The minimum atomic E-state index is -0.256. The third-order valence-electron chi connectivity index (χ3n) is 4.15. The minimum Gasteiger partial charge on any atom is -0.383 e. The molecular weight excluding hydrogens is 307 g/mol. The first-order chi connectivity index (χ1) is 11.6. The normalized spacial score (nSPS) is 14.0. The number of halogens is 1. The van der Waals surface area contributed by atoms with Crippen molar-refractivity contribution in [2.24, 2.45) is 0 Å². The fraction of sp³-hybridized carbons (Fsp3) is 0.235. The van der Waals surface area contributed by atoms with Gasteiger partial charge < -0.3 is 11.5 Å². The summed E-state index contributed by atoms with van der Waals surface area (Å²) in [6, 6.07) is 8.39. The first kappa shape index (κ1) is 14.6. The molecule has 0 unspecified atom stereocenters. The van der Waals surface area contributed by atoms with Crippen LogP contribution in [0.15, 0.2) is 36.5 Å². The Labute approximate surface area is 138 Å². The van der Waals surface area contributed by atoms with Gasteiger partial charge in [0.1, 0.15) is 23.1 Å². The van der Waals surface area contributed by atoms with Crippen LogP contribution in [0.1, 0.15) is 29.9 Å². The van der Waals surface area contributed by atoms with Gasteiger partial charge in [0.15, 0.2) is 5.82 Å². The number of nitrogens with zero attached hydrogens (tertiary/aromatic N) is 4. The Morgan fingerprint density at radius 1 is 1.08 bits per heavy atom. The van der Waals surface area contributed by atoms with Gasteiger partial charge in [-0.3, -0.25) is 4.68 Å². The Morgan fingerprint density at radius 2 is 1.79 bits per heavy atom. The van der Waals surface area contributed by atoms with E-state index in [1.807, 2.05) is 0 Å². The lowest BCUT2D eigenvalue weighted by atomic mass is 10.2. The molecule has 122 valence electrons. The van der Waals surface area contributed by atoms with E-state index in [2.05, 4.69) is 15.1 Å². The monoisotopic (exact) mass is 324 g/mol. The predicted octanol–water partition coefficient (Wildman–Crippen LogP) is 2.57. The lowest BCUT2D eigenvalue weighted by Gasteiger charge is -2.08. The zero-order valence-electron chi connectivity index (χ0n) is 13.0. The Bertz CT molecular complexity index is 877. The van der Waals surface area contributed by atoms with E-state index in [1.54, 1.807) is 35.1 Å². The molecule has 4 rings (SSSR count). The van der Waals surface area contributed by atoms with E-state index >= 15 is 0 Å². The summed E-state index contributed by atoms with van der Waals surface area (Å²) in [6.45, 7) is 0.331. The number of nitrogens with two attached hydrogens (primary N) is 2. The summed E-state index contributed by atoms with van der Waals surface area (Å²) >= 11 is 0. The molecule has 1 aromatic carbocycles. The van der Waals surface area contributed by atoms with E-state index in [9.17, 15) is 4.39 Å². The van der Waals surface area contributed by atoms with Gasteiger partial charge in [-0.05, 0) is 30.9 Å². The summed E-state index contributed by atoms with van der Waals surface area (Å²) in [4.78, 5) is 8.68. The van der Waals surface area contributed by atoms with Crippen LogP contribution in [-0.4, -0.2) is 19.7 Å². The van der Waals surface area contributed by atoms with Crippen LogP contribution < -0.4 is 11.5 Å². The Kier molecular flexibility index (Phi) is 3.41. The molecule has 0 bridgehead atoms. The average molecular weight is 324 g/mol. The number of benzene rings is 1. The van der Waals surface area contributed by atoms with E-state index in [4.69, 9.17) is 11.5 Å². The second-order valence-corrected chi connectivity index (χ2v) is 6.00. The van der Waals surface area contributed by atoms with Crippen LogP contribution >= 0.6 is 0 Å². The molecule has 4 N–H and O–H groups in total. The topological polar surface area (TPSA) is 95.6 Å². The molecule has 0 atom stereocenters. The maximum Gasteiger partial charge on any atom is 0.184 e. The van der Waals surface area contributed by atoms with Gasteiger partial charge in [0.2, 0.25) is 0 Å². The molecule has 1 aliphatic rings. The van der Waals surface area contributed by atoms with Crippen molar-refractivity contribution in [1.82, 2.24) is 19.7 Å². The highest BCUT2D eigenvalue weighted by Crippen LogP contribution is 2.44. The third kappa shape index (κ3) is 2.68. The maximum absolute atomic E-state index is 13.7. The minimum absolute atomic E-state index is 0.256. The number of rotatable bonds is 4. The van der Waals surface area contributed by atoms with Crippen molar-refractivity contribution in [3.8, 4) is 11.5 Å². The maximum atomic E-state index is 13.7. The summed E-state index contributed by atoms with van der Waals surface area (Å²) in [5, 5.41) is 4.40. The number of hydrogen-bond acceptors (Lipinski definition) is 5. The lowest BCUT2D eigenvalue weighted by molar-refractivity contribution is 0.585. The zero-order chi connectivity index (χ0) is 16.7. The largest absolute Gasteiger partial charge is 0.383 e. The predicted molar refractivity (Wildman–Crippen MR) is 89.6 cm³/mol. The van der Waals surface area contributed by atoms with E-state index in [0.717, 1.165) is 18.4 Å². The number of nitrogen functional groups attached to an aromatic ring is 2. The van der Waals surface area contributed by atoms with E-state index in [-0.39, 0.29) is 5.82 Å².